The predicted molar refractivity (Wildman–Crippen MR) is 110 cm³/mol. The maximum atomic E-state index is 13.2. The molecule has 2 aromatic rings. The van der Waals surface area contributed by atoms with Crippen molar-refractivity contribution in [3.05, 3.63) is 62.9 Å². The fourth-order valence-corrected chi connectivity index (χ4v) is 4.57. The van der Waals surface area contributed by atoms with Crippen molar-refractivity contribution in [3.8, 4) is 0 Å². The molecule has 10 heteroatoms. The number of non-ortho nitro benzene ring substituents is 1. The molecule has 0 saturated carbocycles. The van der Waals surface area contributed by atoms with E-state index in [1.54, 1.807) is 6.07 Å². The molecule has 0 aliphatic carbocycles. The number of nitrogens with one attached hydrogen (secondary N) is 1. The quantitative estimate of drug-likeness (QED) is 0.540. The number of nitro benzene ring substituents is 1. The van der Waals surface area contributed by atoms with Gasteiger partial charge in [-0.1, -0.05) is 17.7 Å². The van der Waals surface area contributed by atoms with Gasteiger partial charge in [-0.3, -0.25) is 15.0 Å². The topological polar surface area (TPSA) is 92.5 Å². The number of halogens is 2. The van der Waals surface area contributed by atoms with Crippen LogP contribution in [0.4, 0.5) is 15.8 Å². The van der Waals surface area contributed by atoms with Gasteiger partial charge in [-0.05, 0) is 43.1 Å². The number of sulfone groups is 1. The first-order chi connectivity index (χ1) is 13.6. The molecule has 1 atom stereocenters. The molecule has 29 heavy (non-hydrogen) atoms. The summed E-state index contributed by atoms with van der Waals surface area (Å²) in [6.07, 6.45) is 2.74. The molecule has 0 aromatic heterocycles. The van der Waals surface area contributed by atoms with Crippen LogP contribution in [-0.4, -0.2) is 43.6 Å². The van der Waals surface area contributed by atoms with Gasteiger partial charge in [0.15, 0.2) is 9.84 Å². The van der Waals surface area contributed by atoms with Crippen LogP contribution in [0.2, 0.25) is 5.02 Å². The third kappa shape index (κ3) is 5.43. The highest BCUT2D eigenvalue weighted by atomic mass is 35.5. The molecule has 0 amide bonds. The summed E-state index contributed by atoms with van der Waals surface area (Å²) in [5.74, 6) is -0.386. The Morgan fingerprint density at radius 3 is 2.72 bits per heavy atom. The Morgan fingerprint density at radius 1 is 1.31 bits per heavy atom. The molecule has 3 rings (SSSR count). The summed E-state index contributed by atoms with van der Waals surface area (Å²) in [6, 6.07) is 8.08. The number of anilines is 1. The Kier molecular flexibility index (Phi) is 6.40. The largest absolute Gasteiger partial charge is 0.380 e. The van der Waals surface area contributed by atoms with Crippen LogP contribution in [0.5, 0.6) is 0 Å². The smallest absolute Gasteiger partial charge is 0.270 e. The second-order valence-corrected chi connectivity index (χ2v) is 9.56. The van der Waals surface area contributed by atoms with Crippen LogP contribution in [0, 0.1) is 15.9 Å². The summed E-state index contributed by atoms with van der Waals surface area (Å²) in [5.41, 5.74) is 0.901. The van der Waals surface area contributed by atoms with Gasteiger partial charge in [0, 0.05) is 42.5 Å². The van der Waals surface area contributed by atoms with Crippen molar-refractivity contribution >= 4 is 32.8 Å². The van der Waals surface area contributed by atoms with Crippen LogP contribution < -0.4 is 5.32 Å². The van der Waals surface area contributed by atoms with Gasteiger partial charge in [0.2, 0.25) is 0 Å². The summed E-state index contributed by atoms with van der Waals surface area (Å²) < 4.78 is 37.5. The minimum atomic E-state index is -3.65. The fourth-order valence-electron chi connectivity index (χ4n) is 3.48. The first kappa shape index (κ1) is 21.5. The van der Waals surface area contributed by atoms with Crippen LogP contribution >= 0.6 is 11.6 Å². The van der Waals surface area contributed by atoms with E-state index in [1.165, 1.54) is 24.3 Å². The van der Waals surface area contributed by atoms with E-state index in [9.17, 15) is 22.9 Å². The Morgan fingerprint density at radius 2 is 2.07 bits per heavy atom. The summed E-state index contributed by atoms with van der Waals surface area (Å²) in [4.78, 5) is 12.4. The first-order valence-electron chi connectivity index (χ1n) is 9.05. The van der Waals surface area contributed by atoms with Crippen LogP contribution in [0.1, 0.15) is 18.4 Å². The van der Waals surface area contributed by atoms with Crippen molar-refractivity contribution in [1.29, 1.82) is 0 Å². The van der Waals surface area contributed by atoms with Gasteiger partial charge in [-0.25, -0.2) is 12.8 Å². The van der Waals surface area contributed by atoms with E-state index >= 15 is 0 Å². The van der Waals surface area contributed by atoms with Gasteiger partial charge >= 0.3 is 0 Å². The van der Waals surface area contributed by atoms with Gasteiger partial charge in [0.1, 0.15) is 5.82 Å². The second-order valence-electron chi connectivity index (χ2n) is 7.16. The zero-order valence-corrected chi connectivity index (χ0v) is 17.3. The molecule has 156 valence electrons. The molecule has 2 aromatic carbocycles. The lowest BCUT2D eigenvalue weighted by molar-refractivity contribution is -0.385. The van der Waals surface area contributed by atoms with E-state index < -0.39 is 14.8 Å². The van der Waals surface area contributed by atoms with E-state index in [-0.39, 0.29) is 22.4 Å². The molecule has 1 fully saturated rings. The van der Waals surface area contributed by atoms with Crippen molar-refractivity contribution in [1.82, 2.24) is 4.90 Å². The number of nitro groups is 1. The Balaban J connectivity index is 1.76. The average molecular weight is 442 g/mol. The van der Waals surface area contributed by atoms with Gasteiger partial charge in [0.05, 0.1) is 15.5 Å². The average Bonchev–Trinajstić information content (AvgIpc) is 2.63. The first-order valence-corrected chi connectivity index (χ1v) is 11.3. The number of hydrogen-bond acceptors (Lipinski definition) is 6. The number of piperidine rings is 1. The third-order valence-corrected chi connectivity index (χ3v) is 6.34. The highest BCUT2D eigenvalue weighted by molar-refractivity contribution is 7.90. The summed E-state index contributed by atoms with van der Waals surface area (Å²) >= 11 is 6.12. The summed E-state index contributed by atoms with van der Waals surface area (Å²) in [7, 11) is -3.65. The highest BCUT2D eigenvalue weighted by Crippen LogP contribution is 2.29. The van der Waals surface area contributed by atoms with E-state index in [0.29, 0.717) is 23.8 Å². The lowest BCUT2D eigenvalue weighted by atomic mass is 10.0. The molecule has 0 spiro atoms. The van der Waals surface area contributed by atoms with E-state index in [4.69, 9.17) is 11.6 Å². The monoisotopic (exact) mass is 441 g/mol. The van der Waals surface area contributed by atoms with Crippen LogP contribution in [0.15, 0.2) is 41.3 Å². The highest BCUT2D eigenvalue weighted by Gasteiger charge is 2.24. The minimum absolute atomic E-state index is 0.0371. The minimum Gasteiger partial charge on any atom is -0.380 e. The molecular weight excluding hydrogens is 421 g/mol. The van der Waals surface area contributed by atoms with Crippen molar-refractivity contribution in [3.63, 3.8) is 0 Å². The summed E-state index contributed by atoms with van der Waals surface area (Å²) in [6.45, 7) is 2.02. The number of likely N-dealkylation sites (tertiary alicyclic amines) is 1. The number of benzene rings is 2. The van der Waals surface area contributed by atoms with Crippen molar-refractivity contribution < 1.29 is 17.7 Å². The molecule has 1 aliphatic heterocycles. The Hall–Kier alpha value is -2.23. The number of rotatable bonds is 6. The van der Waals surface area contributed by atoms with Crippen LogP contribution in [0.25, 0.3) is 0 Å². The van der Waals surface area contributed by atoms with Crippen molar-refractivity contribution in [2.75, 3.05) is 24.7 Å². The fraction of sp³-hybridized carbons (Fsp3) is 0.368. The third-order valence-electron chi connectivity index (χ3n) is 4.85. The van der Waals surface area contributed by atoms with Crippen LogP contribution in [-0.2, 0) is 16.4 Å². The molecule has 0 bridgehead atoms. The molecule has 1 N–H and O–H groups in total. The van der Waals surface area contributed by atoms with E-state index in [0.717, 1.165) is 37.3 Å². The predicted octanol–water partition coefficient (Wildman–Crippen LogP) is 3.87. The van der Waals surface area contributed by atoms with Gasteiger partial charge in [-0.2, -0.15) is 0 Å². The number of hydrogen-bond donors (Lipinski definition) is 1. The molecule has 1 unspecified atom stereocenters. The van der Waals surface area contributed by atoms with Crippen molar-refractivity contribution in [2.45, 2.75) is 30.3 Å². The zero-order valence-electron chi connectivity index (χ0n) is 15.8. The van der Waals surface area contributed by atoms with Crippen molar-refractivity contribution in [2.24, 2.45) is 0 Å². The molecular formula is C19H21ClFN3O4S. The molecule has 0 radical (unpaired) electrons. The maximum Gasteiger partial charge on any atom is 0.270 e. The normalized spacial score (nSPS) is 17.8. The lowest BCUT2D eigenvalue weighted by Crippen LogP contribution is -2.41. The zero-order chi connectivity index (χ0) is 21.2. The second kappa shape index (κ2) is 8.64. The number of nitrogens with zero attached hydrogens (tertiary/aromatic N) is 2. The van der Waals surface area contributed by atoms with Crippen LogP contribution in [0.3, 0.4) is 0 Å². The lowest BCUT2D eigenvalue weighted by Gasteiger charge is -2.34. The maximum absolute atomic E-state index is 13.2. The van der Waals surface area contributed by atoms with E-state index in [1.807, 2.05) is 0 Å². The molecule has 1 heterocycles. The standard InChI is InChI=1S/C19H21ClFN3O4S/c1-29(27,28)19-10-16(24(25)26)6-7-18(19)22-15-3-2-8-23(12-15)11-13-4-5-14(21)9-17(13)20/h4-7,9-10,15,22H,2-3,8,11-12H2,1H3. The summed E-state index contributed by atoms with van der Waals surface area (Å²) in [5, 5.41) is 14.6. The molecule has 7 nitrogen and oxygen atoms in total. The van der Waals surface area contributed by atoms with Gasteiger partial charge in [-0.15, -0.1) is 0 Å². The molecule has 1 saturated heterocycles. The Labute approximate surface area is 173 Å². The Bertz CT molecular complexity index is 1030. The van der Waals surface area contributed by atoms with Gasteiger partial charge in [0.25, 0.3) is 5.69 Å². The van der Waals surface area contributed by atoms with E-state index in [2.05, 4.69) is 10.2 Å². The molecule has 1 aliphatic rings. The SMILES string of the molecule is CS(=O)(=O)c1cc([N+](=O)[O-])ccc1NC1CCCN(Cc2ccc(F)cc2Cl)C1. The van der Waals surface area contributed by atoms with Gasteiger partial charge < -0.3 is 5.32 Å².